The van der Waals surface area contributed by atoms with Crippen LogP contribution in [0.3, 0.4) is 0 Å². The van der Waals surface area contributed by atoms with Crippen LogP contribution in [-0.2, 0) is 21.3 Å². The van der Waals surface area contributed by atoms with E-state index in [0.29, 0.717) is 30.0 Å². The summed E-state index contributed by atoms with van der Waals surface area (Å²) >= 11 is 0. The van der Waals surface area contributed by atoms with Gasteiger partial charge < -0.3 is 25.8 Å². The Labute approximate surface area is 244 Å². The topological polar surface area (TPSA) is 171 Å². The lowest BCUT2D eigenvalue weighted by atomic mass is 9.89. The number of carbonyl (C=O) groups excluding carboxylic acids is 3. The van der Waals surface area contributed by atoms with Gasteiger partial charge in [-0.2, -0.15) is 14.7 Å². The predicted octanol–water partition coefficient (Wildman–Crippen LogP) is 2.84. The van der Waals surface area contributed by atoms with E-state index in [1.807, 2.05) is 13.2 Å². The molecule has 0 aromatic carbocycles. The molecule has 1 aliphatic heterocycles. The second-order valence-corrected chi connectivity index (χ2v) is 12.4. The molecule has 0 spiro atoms. The quantitative estimate of drug-likeness (QED) is 0.369. The summed E-state index contributed by atoms with van der Waals surface area (Å²) in [6.45, 7) is 11.2. The maximum Gasteiger partial charge on any atom is 0.410 e. The second-order valence-electron chi connectivity index (χ2n) is 12.4. The van der Waals surface area contributed by atoms with Gasteiger partial charge in [0.05, 0.1) is 18.1 Å². The number of nitrogens with one attached hydrogen (secondary N) is 2. The Morgan fingerprint density at radius 1 is 1.00 bits per heavy atom. The number of aryl methyl sites for hydroxylation is 1. The van der Waals surface area contributed by atoms with Crippen LogP contribution in [0, 0.1) is 0 Å². The van der Waals surface area contributed by atoms with Crippen LogP contribution in [0.25, 0.3) is 16.8 Å². The average molecular weight is 584 g/mol. The smallest absolute Gasteiger partial charge is 0.410 e. The molecule has 4 rings (SSSR count). The van der Waals surface area contributed by atoms with Crippen molar-refractivity contribution in [3.05, 3.63) is 30.4 Å². The standard InChI is InChI=1S/C28H41N9O5/c1-27(2,3)41-25(39)31-11-10-30-24(38)21-9-8-17(16-36(21)26(40)42-28(4,5)6)20-12-22(29)37-23(34-20)19(14-33-37)18-13-32-35(7)15-18/h12-15,17,21H,8-11,16,29H2,1-7H3,(H,30,38)(H,31,39)/t17-,21-/m0/s1. The summed E-state index contributed by atoms with van der Waals surface area (Å²) in [5, 5.41) is 14.1. The van der Waals surface area contributed by atoms with Crippen LogP contribution < -0.4 is 16.4 Å². The van der Waals surface area contributed by atoms with E-state index >= 15 is 0 Å². The molecule has 14 nitrogen and oxygen atoms in total. The molecule has 4 heterocycles. The number of hydrogen-bond donors (Lipinski definition) is 3. The lowest BCUT2D eigenvalue weighted by Crippen LogP contribution is -2.55. The van der Waals surface area contributed by atoms with Crippen molar-refractivity contribution in [2.24, 2.45) is 7.05 Å². The van der Waals surface area contributed by atoms with E-state index in [1.54, 1.807) is 69.2 Å². The minimum atomic E-state index is -0.750. The molecule has 0 bridgehead atoms. The third-order valence-electron chi connectivity index (χ3n) is 6.56. The van der Waals surface area contributed by atoms with E-state index in [0.717, 1.165) is 11.1 Å². The number of alkyl carbamates (subject to hydrolysis) is 1. The van der Waals surface area contributed by atoms with E-state index < -0.39 is 29.4 Å². The first-order chi connectivity index (χ1) is 19.6. The fourth-order valence-corrected chi connectivity index (χ4v) is 4.77. The number of ether oxygens (including phenoxy) is 2. The molecule has 4 N–H and O–H groups in total. The van der Waals surface area contributed by atoms with Crippen LogP contribution in [0.2, 0.25) is 0 Å². The van der Waals surface area contributed by atoms with Crippen LogP contribution in [-0.4, -0.2) is 84.3 Å². The van der Waals surface area contributed by atoms with Gasteiger partial charge in [0.25, 0.3) is 0 Å². The molecular formula is C28H41N9O5. The van der Waals surface area contributed by atoms with Crippen LogP contribution in [0.1, 0.15) is 66.0 Å². The molecule has 3 aromatic rings. The Hall–Kier alpha value is -4.36. The monoisotopic (exact) mass is 583 g/mol. The number of hydrogen-bond acceptors (Lipinski definition) is 9. The minimum absolute atomic E-state index is 0.174. The number of nitrogen functional groups attached to an aromatic ring is 1. The van der Waals surface area contributed by atoms with Crippen molar-refractivity contribution in [1.29, 1.82) is 0 Å². The summed E-state index contributed by atoms with van der Waals surface area (Å²) in [4.78, 5) is 44.8. The molecule has 1 saturated heterocycles. The Morgan fingerprint density at radius 3 is 2.33 bits per heavy atom. The van der Waals surface area contributed by atoms with Gasteiger partial charge in [0.15, 0.2) is 5.65 Å². The van der Waals surface area contributed by atoms with Crippen molar-refractivity contribution < 1.29 is 23.9 Å². The summed E-state index contributed by atoms with van der Waals surface area (Å²) in [6.07, 6.45) is 5.13. The minimum Gasteiger partial charge on any atom is -0.444 e. The molecule has 0 aliphatic carbocycles. The fraction of sp³-hybridized carbons (Fsp3) is 0.571. The Kier molecular flexibility index (Phi) is 8.64. The van der Waals surface area contributed by atoms with Gasteiger partial charge in [-0.05, 0) is 54.4 Å². The lowest BCUT2D eigenvalue weighted by molar-refractivity contribution is -0.127. The summed E-state index contributed by atoms with van der Waals surface area (Å²) in [6, 6.07) is 1.01. The number of aromatic nitrogens is 5. The molecule has 0 unspecified atom stereocenters. The van der Waals surface area contributed by atoms with Gasteiger partial charge in [-0.1, -0.05) is 0 Å². The lowest BCUT2D eigenvalue weighted by Gasteiger charge is -2.39. The number of nitrogens with two attached hydrogens (primary N) is 1. The van der Waals surface area contributed by atoms with E-state index in [2.05, 4.69) is 20.8 Å². The maximum atomic E-state index is 13.3. The van der Waals surface area contributed by atoms with E-state index in [1.165, 1.54) is 4.90 Å². The Morgan fingerprint density at radius 2 is 1.69 bits per heavy atom. The van der Waals surface area contributed by atoms with Gasteiger partial charge >= 0.3 is 12.2 Å². The molecule has 1 fully saturated rings. The predicted molar refractivity (Wildman–Crippen MR) is 156 cm³/mol. The molecule has 42 heavy (non-hydrogen) atoms. The van der Waals surface area contributed by atoms with Gasteiger partial charge in [-0.15, -0.1) is 0 Å². The van der Waals surface area contributed by atoms with Gasteiger partial charge in [-0.25, -0.2) is 14.6 Å². The van der Waals surface area contributed by atoms with Crippen LogP contribution >= 0.6 is 0 Å². The summed E-state index contributed by atoms with van der Waals surface area (Å²) in [5.74, 6) is -0.117. The van der Waals surface area contributed by atoms with Crippen molar-refractivity contribution in [3.63, 3.8) is 0 Å². The maximum absolute atomic E-state index is 13.3. The van der Waals surface area contributed by atoms with E-state index in [9.17, 15) is 14.4 Å². The van der Waals surface area contributed by atoms with Gasteiger partial charge in [-0.3, -0.25) is 14.4 Å². The highest BCUT2D eigenvalue weighted by Crippen LogP contribution is 2.33. The number of anilines is 1. The van der Waals surface area contributed by atoms with Gasteiger partial charge in [0, 0.05) is 56.0 Å². The van der Waals surface area contributed by atoms with Crippen LogP contribution in [0.4, 0.5) is 15.4 Å². The number of amides is 3. The molecule has 228 valence electrons. The molecule has 3 aromatic heterocycles. The number of rotatable bonds is 6. The van der Waals surface area contributed by atoms with Crippen LogP contribution in [0.5, 0.6) is 0 Å². The first-order valence-corrected chi connectivity index (χ1v) is 14.0. The molecule has 0 saturated carbocycles. The van der Waals surface area contributed by atoms with Crippen molar-refractivity contribution in [3.8, 4) is 11.1 Å². The number of likely N-dealkylation sites (tertiary alicyclic amines) is 1. The second kappa shape index (κ2) is 11.9. The summed E-state index contributed by atoms with van der Waals surface area (Å²) < 4.78 is 14.2. The van der Waals surface area contributed by atoms with Gasteiger partial charge in [0.2, 0.25) is 5.91 Å². The van der Waals surface area contributed by atoms with Crippen LogP contribution in [0.15, 0.2) is 24.7 Å². The first kappa shape index (κ1) is 30.6. The van der Waals surface area contributed by atoms with Crippen molar-refractivity contribution in [1.82, 2.24) is 39.9 Å². The van der Waals surface area contributed by atoms with Crippen molar-refractivity contribution in [2.75, 3.05) is 25.4 Å². The van der Waals surface area contributed by atoms with E-state index in [4.69, 9.17) is 20.2 Å². The Bertz CT molecular complexity index is 1450. The van der Waals surface area contributed by atoms with Crippen molar-refractivity contribution in [2.45, 2.75) is 77.5 Å². The molecule has 1 aliphatic rings. The first-order valence-electron chi connectivity index (χ1n) is 14.0. The third kappa shape index (κ3) is 7.47. The number of fused-ring (bicyclic) bond motifs is 1. The molecule has 14 heteroatoms. The highest BCUT2D eigenvalue weighted by Gasteiger charge is 2.39. The number of carbonyl (C=O) groups is 3. The van der Waals surface area contributed by atoms with Gasteiger partial charge in [0.1, 0.15) is 23.1 Å². The largest absolute Gasteiger partial charge is 0.444 e. The zero-order valence-electron chi connectivity index (χ0n) is 25.3. The zero-order valence-corrected chi connectivity index (χ0v) is 25.3. The highest BCUT2D eigenvalue weighted by molar-refractivity contribution is 5.86. The number of nitrogens with zero attached hydrogens (tertiary/aromatic N) is 6. The Balaban J connectivity index is 1.51. The molecular weight excluding hydrogens is 542 g/mol. The zero-order chi connectivity index (χ0) is 30.8. The normalized spacial score (nSPS) is 17.6. The average Bonchev–Trinajstić information content (AvgIpc) is 3.50. The highest BCUT2D eigenvalue weighted by atomic mass is 16.6. The summed E-state index contributed by atoms with van der Waals surface area (Å²) in [5.41, 5.74) is 7.91. The SMILES string of the molecule is Cn1cc(-c2cnn3c(N)cc([C@H]4CC[C@@H](C(=O)NCCNC(=O)OC(C)(C)C)N(C(=O)OC(C)(C)C)C4)nc23)cn1. The molecule has 3 amide bonds. The fourth-order valence-electron chi connectivity index (χ4n) is 4.77. The third-order valence-corrected chi connectivity index (χ3v) is 6.56. The molecule has 0 radical (unpaired) electrons. The molecule has 2 atom stereocenters. The summed E-state index contributed by atoms with van der Waals surface area (Å²) in [7, 11) is 1.83. The van der Waals surface area contributed by atoms with Crippen molar-refractivity contribution >= 4 is 29.6 Å². The number of piperidine rings is 1. The van der Waals surface area contributed by atoms with E-state index in [-0.39, 0.29) is 31.5 Å².